The van der Waals surface area contributed by atoms with E-state index in [2.05, 4.69) is 10.3 Å². The molecule has 0 aliphatic heterocycles. The Morgan fingerprint density at radius 2 is 1.80 bits per heavy atom. The first kappa shape index (κ1) is 28.1. The molecule has 0 radical (unpaired) electrons. The standard InChI is InChI=1S/C29H29N3O8/c1-16-12-22(31-23(27(33)38-2)14-18-15-30-21-11-6-5-10-20(18)21)26(29(35)40-4)25(24(16)28(34)39-3)17-8-7-9-19(13-17)32(36)37/h5-13,15,23-25,30-31H,14H2,1-4H3/t23-,24-,25+/m0/s1. The number of aromatic nitrogens is 1. The van der Waals surface area contributed by atoms with Crippen LogP contribution in [-0.4, -0.2) is 55.2 Å². The molecule has 0 saturated heterocycles. The van der Waals surface area contributed by atoms with E-state index < -0.39 is 40.7 Å². The summed E-state index contributed by atoms with van der Waals surface area (Å²) in [5, 5.41) is 15.6. The molecule has 1 heterocycles. The molecule has 11 nitrogen and oxygen atoms in total. The highest BCUT2D eigenvalue weighted by atomic mass is 16.6. The number of nitro benzene ring substituents is 1. The summed E-state index contributed by atoms with van der Waals surface area (Å²) in [6, 6.07) is 12.4. The highest BCUT2D eigenvalue weighted by molar-refractivity contribution is 5.95. The maximum atomic E-state index is 13.3. The topological polar surface area (TPSA) is 150 Å². The van der Waals surface area contributed by atoms with E-state index in [1.54, 1.807) is 25.3 Å². The van der Waals surface area contributed by atoms with Crippen molar-refractivity contribution in [1.82, 2.24) is 10.3 Å². The number of carbonyl (C=O) groups excluding carboxylic acids is 3. The summed E-state index contributed by atoms with van der Waals surface area (Å²) in [5.74, 6) is -3.95. The third-order valence-electron chi connectivity index (χ3n) is 7.01. The Hall–Kier alpha value is -4.93. The van der Waals surface area contributed by atoms with Crippen molar-refractivity contribution in [1.29, 1.82) is 0 Å². The van der Waals surface area contributed by atoms with Gasteiger partial charge in [0.05, 0.1) is 37.7 Å². The van der Waals surface area contributed by atoms with Gasteiger partial charge in [-0.3, -0.25) is 14.9 Å². The number of ether oxygens (including phenoxy) is 3. The second kappa shape index (κ2) is 11.9. The Morgan fingerprint density at radius 3 is 2.48 bits per heavy atom. The van der Waals surface area contributed by atoms with Gasteiger partial charge in [-0.15, -0.1) is 0 Å². The van der Waals surface area contributed by atoms with Gasteiger partial charge in [0.15, 0.2) is 0 Å². The van der Waals surface area contributed by atoms with E-state index in [9.17, 15) is 24.5 Å². The van der Waals surface area contributed by atoms with E-state index in [1.165, 1.54) is 39.5 Å². The van der Waals surface area contributed by atoms with Crippen molar-refractivity contribution in [3.63, 3.8) is 0 Å². The van der Waals surface area contributed by atoms with Crippen molar-refractivity contribution in [3.05, 3.63) is 98.9 Å². The minimum atomic E-state index is -1.00. The summed E-state index contributed by atoms with van der Waals surface area (Å²) in [6.07, 6.45) is 3.61. The molecule has 3 atom stereocenters. The highest BCUT2D eigenvalue weighted by Gasteiger charge is 2.43. The lowest BCUT2D eigenvalue weighted by molar-refractivity contribution is -0.384. The molecule has 0 saturated carbocycles. The number of esters is 3. The molecule has 4 rings (SSSR count). The van der Waals surface area contributed by atoms with Crippen LogP contribution in [0.4, 0.5) is 5.69 Å². The zero-order chi connectivity index (χ0) is 29.0. The molecule has 1 aromatic heterocycles. The SMILES string of the molecule is COC(=O)C1=C(N[C@@H](Cc2c[nH]c3ccccc23)C(=O)OC)C=C(C)[C@H](C(=O)OC)[C@H]1c1cccc([N+](=O)[O-])c1. The second-order valence-electron chi connectivity index (χ2n) is 9.32. The first-order valence-corrected chi connectivity index (χ1v) is 12.4. The van der Waals surface area contributed by atoms with Gasteiger partial charge in [-0.05, 0) is 30.2 Å². The lowest BCUT2D eigenvalue weighted by Crippen LogP contribution is -2.42. The number of allylic oxidation sites excluding steroid dienone is 1. The van der Waals surface area contributed by atoms with Gasteiger partial charge in [-0.1, -0.05) is 35.9 Å². The molecule has 0 fully saturated rings. The molecule has 0 bridgehead atoms. The lowest BCUT2D eigenvalue weighted by atomic mass is 9.72. The van der Waals surface area contributed by atoms with Gasteiger partial charge in [0, 0.05) is 47.3 Å². The Kier molecular flexibility index (Phi) is 8.32. The Labute approximate surface area is 229 Å². The second-order valence-corrected chi connectivity index (χ2v) is 9.32. The first-order chi connectivity index (χ1) is 19.2. The van der Waals surface area contributed by atoms with Crippen molar-refractivity contribution in [2.45, 2.75) is 25.3 Å². The summed E-state index contributed by atoms with van der Waals surface area (Å²) in [4.78, 5) is 53.4. The third-order valence-corrected chi connectivity index (χ3v) is 7.01. The number of aromatic amines is 1. The molecule has 2 N–H and O–H groups in total. The Morgan fingerprint density at radius 1 is 1.05 bits per heavy atom. The van der Waals surface area contributed by atoms with E-state index in [4.69, 9.17) is 14.2 Å². The molecule has 0 amide bonds. The summed E-state index contributed by atoms with van der Waals surface area (Å²) in [6.45, 7) is 1.69. The summed E-state index contributed by atoms with van der Waals surface area (Å²) < 4.78 is 15.2. The van der Waals surface area contributed by atoms with Crippen LogP contribution in [0.2, 0.25) is 0 Å². The molecule has 40 heavy (non-hydrogen) atoms. The largest absolute Gasteiger partial charge is 0.469 e. The summed E-state index contributed by atoms with van der Waals surface area (Å²) in [5.41, 5.74) is 2.65. The molecule has 11 heteroatoms. The molecular weight excluding hydrogens is 518 g/mol. The quantitative estimate of drug-likeness (QED) is 0.177. The maximum Gasteiger partial charge on any atom is 0.336 e. The molecule has 0 unspecified atom stereocenters. The Balaban J connectivity index is 1.86. The summed E-state index contributed by atoms with van der Waals surface area (Å²) in [7, 11) is 3.69. The van der Waals surface area contributed by atoms with Gasteiger partial charge in [0.2, 0.25) is 0 Å². The number of nitrogens with one attached hydrogen (secondary N) is 2. The van der Waals surface area contributed by atoms with E-state index in [0.29, 0.717) is 11.1 Å². The number of nitrogens with zero attached hydrogens (tertiary/aromatic N) is 1. The number of hydrogen-bond acceptors (Lipinski definition) is 9. The molecular formula is C29H29N3O8. The van der Waals surface area contributed by atoms with Crippen LogP contribution in [-0.2, 0) is 35.0 Å². The van der Waals surface area contributed by atoms with Crippen LogP contribution in [0.15, 0.2) is 77.6 Å². The summed E-state index contributed by atoms with van der Waals surface area (Å²) >= 11 is 0. The number of nitro groups is 1. The van der Waals surface area contributed by atoms with Crippen LogP contribution < -0.4 is 5.32 Å². The predicted molar refractivity (Wildman–Crippen MR) is 145 cm³/mol. The number of para-hydroxylation sites is 1. The van der Waals surface area contributed by atoms with E-state index >= 15 is 0 Å². The van der Waals surface area contributed by atoms with E-state index in [0.717, 1.165) is 16.5 Å². The van der Waals surface area contributed by atoms with Crippen molar-refractivity contribution in [2.75, 3.05) is 21.3 Å². The van der Waals surface area contributed by atoms with Crippen LogP contribution in [0.5, 0.6) is 0 Å². The van der Waals surface area contributed by atoms with Crippen LogP contribution >= 0.6 is 0 Å². The fourth-order valence-corrected chi connectivity index (χ4v) is 5.14. The van der Waals surface area contributed by atoms with Crippen molar-refractivity contribution in [3.8, 4) is 0 Å². The first-order valence-electron chi connectivity index (χ1n) is 12.4. The lowest BCUT2D eigenvalue weighted by Gasteiger charge is -2.33. The third kappa shape index (κ3) is 5.44. The fraction of sp³-hybridized carbons (Fsp3) is 0.276. The molecule has 1 aliphatic rings. The van der Waals surface area contributed by atoms with Crippen LogP contribution in [0.3, 0.4) is 0 Å². The highest BCUT2D eigenvalue weighted by Crippen LogP contribution is 2.43. The average Bonchev–Trinajstić information content (AvgIpc) is 3.37. The number of non-ortho nitro benzene ring substituents is 1. The minimum Gasteiger partial charge on any atom is -0.469 e. The number of H-pyrrole nitrogens is 1. The number of methoxy groups -OCH3 is 3. The minimum absolute atomic E-state index is 0.0248. The number of hydrogen-bond donors (Lipinski definition) is 2. The monoisotopic (exact) mass is 547 g/mol. The number of fused-ring (bicyclic) bond motifs is 1. The average molecular weight is 548 g/mol. The predicted octanol–water partition coefficient (Wildman–Crippen LogP) is 3.71. The zero-order valence-electron chi connectivity index (χ0n) is 22.4. The zero-order valence-corrected chi connectivity index (χ0v) is 22.4. The Bertz CT molecular complexity index is 1540. The number of rotatable bonds is 9. The van der Waals surface area contributed by atoms with Crippen LogP contribution in [0.25, 0.3) is 10.9 Å². The number of benzene rings is 2. The van der Waals surface area contributed by atoms with Crippen molar-refractivity contribution in [2.24, 2.45) is 5.92 Å². The molecule has 0 spiro atoms. The normalized spacial score (nSPS) is 17.6. The van der Waals surface area contributed by atoms with Crippen molar-refractivity contribution < 1.29 is 33.5 Å². The van der Waals surface area contributed by atoms with Crippen LogP contribution in [0.1, 0.15) is 24.0 Å². The van der Waals surface area contributed by atoms with Gasteiger partial charge < -0.3 is 24.5 Å². The molecule has 1 aliphatic carbocycles. The van der Waals surface area contributed by atoms with Gasteiger partial charge in [-0.25, -0.2) is 9.59 Å². The molecule has 3 aromatic rings. The van der Waals surface area contributed by atoms with Crippen LogP contribution in [0, 0.1) is 16.0 Å². The number of carbonyl (C=O) groups is 3. The van der Waals surface area contributed by atoms with Gasteiger partial charge in [-0.2, -0.15) is 0 Å². The van der Waals surface area contributed by atoms with Gasteiger partial charge >= 0.3 is 17.9 Å². The molecule has 2 aromatic carbocycles. The van der Waals surface area contributed by atoms with Gasteiger partial charge in [0.1, 0.15) is 6.04 Å². The van der Waals surface area contributed by atoms with E-state index in [-0.39, 0.29) is 23.4 Å². The van der Waals surface area contributed by atoms with Gasteiger partial charge in [0.25, 0.3) is 5.69 Å². The van der Waals surface area contributed by atoms with E-state index in [1.807, 2.05) is 24.3 Å². The smallest absolute Gasteiger partial charge is 0.336 e. The maximum absolute atomic E-state index is 13.3. The molecule has 208 valence electrons. The fourth-order valence-electron chi connectivity index (χ4n) is 5.14. The van der Waals surface area contributed by atoms with Crippen molar-refractivity contribution >= 4 is 34.5 Å².